The summed E-state index contributed by atoms with van der Waals surface area (Å²) < 4.78 is 0. The summed E-state index contributed by atoms with van der Waals surface area (Å²) in [6, 6.07) is 6.43. The van der Waals surface area contributed by atoms with Crippen molar-refractivity contribution in [2.75, 3.05) is 19.6 Å². The minimum absolute atomic E-state index is 0.299. The number of aryl methyl sites for hydroxylation is 1. The molecule has 1 aromatic rings. The van der Waals surface area contributed by atoms with Crippen LogP contribution in [0, 0.1) is 12.8 Å². The number of rotatable bonds is 3. The van der Waals surface area contributed by atoms with E-state index in [0.717, 1.165) is 30.6 Å². The maximum atomic E-state index is 6.39. The smallest absolute Gasteiger partial charge is 0.0453 e. The molecule has 0 aromatic heterocycles. The van der Waals surface area contributed by atoms with E-state index < -0.39 is 0 Å². The molecular formula is C17H25ClN2. The third-order valence-electron chi connectivity index (χ3n) is 4.81. The number of nitrogens with zero attached hydrogens (tertiary/aromatic N) is 1. The number of halogens is 1. The fourth-order valence-corrected chi connectivity index (χ4v) is 3.72. The number of hydrogen-bond donors (Lipinski definition) is 1. The molecule has 1 aliphatic heterocycles. The molecule has 1 unspecified atom stereocenters. The first kappa shape index (κ1) is 14.4. The topological polar surface area (TPSA) is 15.3 Å². The van der Waals surface area contributed by atoms with Crippen LogP contribution in [0.15, 0.2) is 18.2 Å². The zero-order chi connectivity index (χ0) is 14.2. The lowest BCUT2D eigenvalue weighted by atomic mass is 9.95. The first-order valence-corrected chi connectivity index (χ1v) is 8.17. The molecule has 0 amide bonds. The van der Waals surface area contributed by atoms with E-state index in [1.54, 1.807) is 0 Å². The van der Waals surface area contributed by atoms with Crippen molar-refractivity contribution in [1.29, 1.82) is 0 Å². The van der Waals surface area contributed by atoms with Gasteiger partial charge in [0.2, 0.25) is 0 Å². The second-order valence-corrected chi connectivity index (χ2v) is 7.18. The van der Waals surface area contributed by atoms with Crippen LogP contribution in [0.25, 0.3) is 0 Å². The van der Waals surface area contributed by atoms with Crippen LogP contribution in [0.2, 0.25) is 5.02 Å². The third kappa shape index (κ3) is 3.19. The molecule has 1 aliphatic carbocycles. The molecule has 0 bridgehead atoms. The van der Waals surface area contributed by atoms with E-state index in [1.807, 2.05) is 0 Å². The molecule has 1 atom stereocenters. The Hall–Kier alpha value is -0.570. The van der Waals surface area contributed by atoms with E-state index in [2.05, 4.69) is 42.3 Å². The van der Waals surface area contributed by atoms with Crippen LogP contribution in [0.3, 0.4) is 0 Å². The van der Waals surface area contributed by atoms with Gasteiger partial charge in [-0.2, -0.15) is 0 Å². The van der Waals surface area contributed by atoms with Crippen molar-refractivity contribution in [2.24, 2.45) is 5.92 Å². The van der Waals surface area contributed by atoms with E-state index in [4.69, 9.17) is 11.6 Å². The molecule has 2 fully saturated rings. The summed E-state index contributed by atoms with van der Waals surface area (Å²) in [5, 5.41) is 4.70. The van der Waals surface area contributed by atoms with Gasteiger partial charge in [0.1, 0.15) is 0 Å². The summed E-state index contributed by atoms with van der Waals surface area (Å²) in [6.07, 6.45) is 4.01. The Morgan fingerprint density at radius 3 is 2.90 bits per heavy atom. The molecule has 1 N–H and O–H groups in total. The molecular weight excluding hydrogens is 268 g/mol. The van der Waals surface area contributed by atoms with Crippen LogP contribution in [0.5, 0.6) is 0 Å². The van der Waals surface area contributed by atoms with Crippen molar-refractivity contribution < 1.29 is 0 Å². The average Bonchev–Trinajstić information content (AvgIpc) is 3.21. The van der Waals surface area contributed by atoms with Gasteiger partial charge in [0.05, 0.1) is 0 Å². The zero-order valence-electron chi connectivity index (χ0n) is 12.6. The number of nitrogens with one attached hydrogen (secondary N) is 1. The van der Waals surface area contributed by atoms with Crippen molar-refractivity contribution in [3.8, 4) is 0 Å². The van der Waals surface area contributed by atoms with Gasteiger partial charge < -0.3 is 5.32 Å². The lowest BCUT2D eigenvalue weighted by molar-refractivity contribution is 0.195. The van der Waals surface area contributed by atoms with Crippen molar-refractivity contribution in [3.63, 3.8) is 0 Å². The molecule has 0 radical (unpaired) electrons. The zero-order valence-corrected chi connectivity index (χ0v) is 13.3. The van der Waals surface area contributed by atoms with E-state index in [1.165, 1.54) is 36.9 Å². The highest BCUT2D eigenvalue weighted by Crippen LogP contribution is 2.40. The fraction of sp³-hybridized carbons (Fsp3) is 0.647. The molecule has 0 spiro atoms. The Kier molecular flexibility index (Phi) is 4.07. The van der Waals surface area contributed by atoms with E-state index in [0.29, 0.717) is 5.54 Å². The summed E-state index contributed by atoms with van der Waals surface area (Å²) in [6.45, 7) is 8.92. The summed E-state index contributed by atoms with van der Waals surface area (Å²) in [7, 11) is 0. The standard InChI is InChI=1S/C17H25ClN2/c1-13-4-5-14(16(18)10-13)11-20-9-3-8-19-17(2,12-20)15-6-7-15/h4-5,10,15,19H,3,6-9,11-12H2,1-2H3. The van der Waals surface area contributed by atoms with Gasteiger partial charge in [-0.25, -0.2) is 0 Å². The second-order valence-electron chi connectivity index (χ2n) is 6.78. The average molecular weight is 293 g/mol. The lowest BCUT2D eigenvalue weighted by Crippen LogP contribution is -2.50. The van der Waals surface area contributed by atoms with Gasteiger partial charge in [-0.05, 0) is 69.3 Å². The Balaban J connectivity index is 1.72. The van der Waals surface area contributed by atoms with Crippen LogP contribution in [0.4, 0.5) is 0 Å². The largest absolute Gasteiger partial charge is 0.310 e. The number of hydrogen-bond acceptors (Lipinski definition) is 2. The molecule has 1 saturated carbocycles. The van der Waals surface area contributed by atoms with Crippen molar-refractivity contribution in [1.82, 2.24) is 10.2 Å². The summed E-state index contributed by atoms with van der Waals surface area (Å²) in [4.78, 5) is 2.58. The molecule has 2 aliphatic rings. The monoisotopic (exact) mass is 292 g/mol. The van der Waals surface area contributed by atoms with Crippen LogP contribution < -0.4 is 5.32 Å². The van der Waals surface area contributed by atoms with Gasteiger partial charge >= 0.3 is 0 Å². The maximum Gasteiger partial charge on any atom is 0.0453 e. The van der Waals surface area contributed by atoms with Gasteiger partial charge in [0, 0.05) is 23.7 Å². The predicted molar refractivity (Wildman–Crippen MR) is 85.2 cm³/mol. The number of benzene rings is 1. The van der Waals surface area contributed by atoms with E-state index in [-0.39, 0.29) is 0 Å². The molecule has 1 heterocycles. The minimum atomic E-state index is 0.299. The normalized spacial score (nSPS) is 28.4. The molecule has 1 aromatic carbocycles. The van der Waals surface area contributed by atoms with Gasteiger partial charge in [-0.3, -0.25) is 4.90 Å². The molecule has 3 rings (SSSR count). The van der Waals surface area contributed by atoms with Gasteiger partial charge in [-0.15, -0.1) is 0 Å². The molecule has 3 heteroatoms. The van der Waals surface area contributed by atoms with E-state index in [9.17, 15) is 0 Å². The highest BCUT2D eigenvalue weighted by molar-refractivity contribution is 6.31. The van der Waals surface area contributed by atoms with E-state index >= 15 is 0 Å². The Bertz CT molecular complexity index is 484. The molecule has 2 nitrogen and oxygen atoms in total. The SMILES string of the molecule is Cc1ccc(CN2CCCNC(C)(C3CC3)C2)c(Cl)c1. The molecule has 1 saturated heterocycles. The lowest BCUT2D eigenvalue weighted by Gasteiger charge is -2.34. The van der Waals surface area contributed by atoms with Crippen LogP contribution in [0.1, 0.15) is 37.3 Å². The van der Waals surface area contributed by atoms with Crippen LogP contribution in [-0.4, -0.2) is 30.1 Å². The van der Waals surface area contributed by atoms with Crippen LogP contribution >= 0.6 is 11.6 Å². The van der Waals surface area contributed by atoms with Crippen molar-refractivity contribution in [3.05, 3.63) is 34.3 Å². The third-order valence-corrected chi connectivity index (χ3v) is 5.16. The van der Waals surface area contributed by atoms with Gasteiger partial charge in [0.15, 0.2) is 0 Å². The highest BCUT2D eigenvalue weighted by Gasteiger charge is 2.42. The summed E-state index contributed by atoms with van der Waals surface area (Å²) in [5.74, 6) is 0.872. The summed E-state index contributed by atoms with van der Waals surface area (Å²) >= 11 is 6.39. The highest BCUT2D eigenvalue weighted by atomic mass is 35.5. The van der Waals surface area contributed by atoms with Gasteiger partial charge in [-0.1, -0.05) is 23.7 Å². The Labute approximate surface area is 127 Å². The Morgan fingerprint density at radius 2 is 2.20 bits per heavy atom. The van der Waals surface area contributed by atoms with Crippen LogP contribution in [-0.2, 0) is 6.54 Å². The molecule has 110 valence electrons. The first-order chi connectivity index (χ1) is 9.57. The summed E-state index contributed by atoms with van der Waals surface area (Å²) in [5.41, 5.74) is 2.80. The maximum absolute atomic E-state index is 6.39. The Morgan fingerprint density at radius 1 is 1.40 bits per heavy atom. The first-order valence-electron chi connectivity index (χ1n) is 7.79. The van der Waals surface area contributed by atoms with Crippen molar-refractivity contribution >= 4 is 11.6 Å². The van der Waals surface area contributed by atoms with Gasteiger partial charge in [0.25, 0.3) is 0 Å². The quantitative estimate of drug-likeness (QED) is 0.915. The predicted octanol–water partition coefficient (Wildman–Crippen LogP) is 3.61. The minimum Gasteiger partial charge on any atom is -0.310 e. The second kappa shape index (κ2) is 5.67. The van der Waals surface area contributed by atoms with Crippen molar-refractivity contribution in [2.45, 2.75) is 45.2 Å². The fourth-order valence-electron chi connectivity index (χ4n) is 3.43. The molecule has 20 heavy (non-hydrogen) atoms.